The van der Waals surface area contributed by atoms with Gasteiger partial charge in [0.1, 0.15) is 12.2 Å². The van der Waals surface area contributed by atoms with Gasteiger partial charge in [0.2, 0.25) is 0 Å². The molecule has 3 aromatic rings. The first kappa shape index (κ1) is 22.9. The number of aryl methyl sites for hydroxylation is 1. The number of carbonyl (C=O) groups is 1. The number of nitrogens with one attached hydrogen (secondary N) is 2. The van der Waals surface area contributed by atoms with E-state index in [0.717, 1.165) is 10.9 Å². The molecule has 1 fully saturated rings. The van der Waals surface area contributed by atoms with Crippen molar-refractivity contribution in [3.63, 3.8) is 0 Å². The maximum atomic E-state index is 13.5. The second kappa shape index (κ2) is 8.24. The molecule has 0 spiro atoms. The maximum Gasteiger partial charge on any atom is 0.435 e. The molecule has 4 rings (SSSR count). The number of anilines is 1. The fourth-order valence-electron chi connectivity index (χ4n) is 3.64. The van der Waals surface area contributed by atoms with Crippen LogP contribution in [-0.2, 0) is 22.8 Å². The highest BCUT2D eigenvalue weighted by molar-refractivity contribution is 5.85. The number of ether oxygens (including phenoxy) is 1. The third-order valence-corrected chi connectivity index (χ3v) is 5.12. The molecule has 3 aromatic heterocycles. The van der Waals surface area contributed by atoms with E-state index in [1.807, 2.05) is 0 Å². The zero-order chi connectivity index (χ0) is 24.1. The number of hydrogen-bond acceptors (Lipinski definition) is 9. The van der Waals surface area contributed by atoms with Gasteiger partial charge < -0.3 is 25.6 Å². The molecule has 12 nitrogen and oxygen atoms in total. The van der Waals surface area contributed by atoms with Crippen LogP contribution < -0.4 is 10.6 Å². The Bertz CT molecular complexity index is 1190. The number of carbonyl (C=O) groups excluding carboxylic acids is 1. The highest BCUT2D eigenvalue weighted by Crippen LogP contribution is 2.37. The number of hydrogen-bond donors (Lipinski definition) is 4. The fraction of sp³-hybridized carbons (Fsp3) is 0.500. The molecule has 4 heterocycles. The number of fused-ring (bicyclic) bond motifs is 1. The number of nitrogens with zero attached hydrogens (tertiary/aromatic N) is 6. The first-order chi connectivity index (χ1) is 15.6. The summed E-state index contributed by atoms with van der Waals surface area (Å²) in [6, 6.07) is 0. The lowest BCUT2D eigenvalue weighted by atomic mass is 10.1. The molecular formula is C18H21F3N8O4. The molecule has 15 heteroatoms. The average Bonchev–Trinajstić information content (AvgIpc) is 3.43. The van der Waals surface area contributed by atoms with Crippen LogP contribution in [0.2, 0.25) is 0 Å². The minimum atomic E-state index is -4.75. The highest BCUT2D eigenvalue weighted by Gasteiger charge is 2.48. The average molecular weight is 470 g/mol. The van der Waals surface area contributed by atoms with Crippen LogP contribution in [0, 0.1) is 0 Å². The molecule has 0 radical (unpaired) electrons. The Hall–Kier alpha value is -3.30. The minimum Gasteiger partial charge on any atom is -0.387 e. The summed E-state index contributed by atoms with van der Waals surface area (Å²) in [5, 5.41) is 29.6. The van der Waals surface area contributed by atoms with Gasteiger partial charge in [-0.05, 0) is 6.92 Å². The van der Waals surface area contributed by atoms with Crippen molar-refractivity contribution in [3.05, 3.63) is 18.2 Å². The molecule has 178 valence electrons. The van der Waals surface area contributed by atoms with Crippen LogP contribution in [-0.4, -0.2) is 77.3 Å². The van der Waals surface area contributed by atoms with E-state index in [0.29, 0.717) is 0 Å². The number of aromatic nitrogens is 6. The topological polar surface area (TPSA) is 152 Å². The van der Waals surface area contributed by atoms with Crippen molar-refractivity contribution in [2.75, 3.05) is 18.9 Å². The predicted molar refractivity (Wildman–Crippen MR) is 107 cm³/mol. The van der Waals surface area contributed by atoms with Crippen LogP contribution >= 0.6 is 0 Å². The molecule has 4 atom stereocenters. The Balaban J connectivity index is 1.83. The second-order valence-electron chi connectivity index (χ2n) is 7.36. The Morgan fingerprint density at radius 1 is 1.27 bits per heavy atom. The number of amides is 1. The Morgan fingerprint density at radius 2 is 2.00 bits per heavy atom. The predicted octanol–water partition coefficient (Wildman–Crippen LogP) is 0.0426. The van der Waals surface area contributed by atoms with Gasteiger partial charge in [0.05, 0.1) is 11.9 Å². The number of halogens is 3. The summed E-state index contributed by atoms with van der Waals surface area (Å²) in [5.74, 6) is -0.784. The molecule has 4 N–H and O–H groups in total. The van der Waals surface area contributed by atoms with Crippen molar-refractivity contribution in [3.8, 4) is 11.4 Å². The van der Waals surface area contributed by atoms with Crippen molar-refractivity contribution >= 4 is 22.9 Å². The highest BCUT2D eigenvalue weighted by atomic mass is 19.4. The summed E-state index contributed by atoms with van der Waals surface area (Å²) in [6.07, 6.45) is -8.08. The molecule has 0 bridgehead atoms. The molecular weight excluding hydrogens is 449 g/mol. The molecule has 4 unspecified atom stereocenters. The van der Waals surface area contributed by atoms with Gasteiger partial charge in [-0.3, -0.25) is 14.0 Å². The van der Waals surface area contributed by atoms with E-state index >= 15 is 0 Å². The van der Waals surface area contributed by atoms with Gasteiger partial charge in [0.15, 0.2) is 40.8 Å². The van der Waals surface area contributed by atoms with Gasteiger partial charge in [-0.2, -0.15) is 18.3 Å². The van der Waals surface area contributed by atoms with E-state index in [9.17, 15) is 28.2 Å². The molecule has 1 aliphatic heterocycles. The Morgan fingerprint density at radius 3 is 2.64 bits per heavy atom. The van der Waals surface area contributed by atoms with Crippen LogP contribution in [0.4, 0.5) is 19.0 Å². The van der Waals surface area contributed by atoms with Crippen LogP contribution in [0.3, 0.4) is 0 Å². The van der Waals surface area contributed by atoms with Crippen LogP contribution in [0.15, 0.2) is 12.5 Å². The molecule has 33 heavy (non-hydrogen) atoms. The molecule has 0 aliphatic carbocycles. The molecule has 1 aliphatic rings. The number of imidazole rings is 1. The van der Waals surface area contributed by atoms with Gasteiger partial charge in [-0.1, -0.05) is 0 Å². The van der Waals surface area contributed by atoms with Crippen molar-refractivity contribution < 1.29 is 32.9 Å². The van der Waals surface area contributed by atoms with E-state index < -0.39 is 42.3 Å². The molecule has 0 saturated carbocycles. The maximum absolute atomic E-state index is 13.5. The first-order valence-electron chi connectivity index (χ1n) is 9.89. The van der Waals surface area contributed by atoms with E-state index in [2.05, 4.69) is 30.7 Å². The number of aliphatic hydroxyl groups is 2. The molecule has 0 aromatic carbocycles. The van der Waals surface area contributed by atoms with E-state index in [-0.39, 0.29) is 34.9 Å². The summed E-state index contributed by atoms with van der Waals surface area (Å²) in [7, 11) is 2.85. The van der Waals surface area contributed by atoms with Crippen molar-refractivity contribution in [2.24, 2.45) is 7.05 Å². The second-order valence-corrected chi connectivity index (χ2v) is 7.36. The number of alkyl halides is 3. The van der Waals surface area contributed by atoms with Gasteiger partial charge >= 0.3 is 6.18 Å². The van der Waals surface area contributed by atoms with Crippen LogP contribution in [0.1, 0.15) is 18.8 Å². The zero-order valence-electron chi connectivity index (χ0n) is 17.7. The normalized spacial score (nSPS) is 23.3. The smallest absolute Gasteiger partial charge is 0.387 e. The fourth-order valence-corrected chi connectivity index (χ4v) is 3.64. The number of aliphatic hydroxyl groups excluding tert-OH is 2. The Kier molecular flexibility index (Phi) is 5.71. The lowest BCUT2D eigenvalue weighted by Crippen LogP contribution is -2.42. The van der Waals surface area contributed by atoms with Crippen molar-refractivity contribution in [2.45, 2.75) is 37.6 Å². The van der Waals surface area contributed by atoms with Gasteiger partial charge in [0, 0.05) is 26.8 Å². The lowest BCUT2D eigenvalue weighted by Gasteiger charge is -2.17. The summed E-state index contributed by atoms with van der Waals surface area (Å²) in [5.41, 5.74) is -1.31. The first-order valence-corrected chi connectivity index (χ1v) is 9.89. The van der Waals surface area contributed by atoms with Crippen LogP contribution in [0.5, 0.6) is 0 Å². The summed E-state index contributed by atoms with van der Waals surface area (Å²) < 4.78 is 48.3. The van der Waals surface area contributed by atoms with Gasteiger partial charge in [0.25, 0.3) is 5.91 Å². The summed E-state index contributed by atoms with van der Waals surface area (Å²) >= 11 is 0. The molecule has 1 saturated heterocycles. The third kappa shape index (κ3) is 3.87. The van der Waals surface area contributed by atoms with E-state index in [1.165, 1.54) is 25.0 Å². The lowest BCUT2D eigenvalue weighted by molar-refractivity contribution is -0.141. The third-order valence-electron chi connectivity index (χ3n) is 5.12. The largest absolute Gasteiger partial charge is 0.435 e. The van der Waals surface area contributed by atoms with Crippen LogP contribution in [0.25, 0.3) is 22.6 Å². The minimum absolute atomic E-state index is 0.0223. The summed E-state index contributed by atoms with van der Waals surface area (Å²) in [4.78, 5) is 24.7. The van der Waals surface area contributed by atoms with E-state index in [4.69, 9.17) is 4.74 Å². The van der Waals surface area contributed by atoms with Crippen molar-refractivity contribution in [1.82, 2.24) is 34.6 Å². The standard InChI is InChI=1S/C18H21F3N8O4/c1-4-23-16(32)11-9(30)10(31)17(33-11)29-6-24-8-14(22-2)25-13(26-15(8)29)7-5-28(3)27-12(7)18(19,20)21/h5-6,9-11,17,30-31H,4H2,1-3H3,(H,23,32)(H,22,25,26). The van der Waals surface area contributed by atoms with Gasteiger partial charge in [-0.25, -0.2) is 15.0 Å². The SMILES string of the molecule is CCNC(=O)C1OC(n2cnc3c(NC)nc(-c4cn(C)nc4C(F)(F)F)nc32)C(O)C1O. The van der Waals surface area contributed by atoms with Crippen molar-refractivity contribution in [1.29, 1.82) is 0 Å². The zero-order valence-corrected chi connectivity index (χ0v) is 17.7. The quantitative estimate of drug-likeness (QED) is 0.405. The monoisotopic (exact) mass is 470 g/mol. The molecule has 1 amide bonds. The van der Waals surface area contributed by atoms with E-state index in [1.54, 1.807) is 6.92 Å². The Labute approximate surface area is 184 Å². The number of rotatable bonds is 5. The summed E-state index contributed by atoms with van der Waals surface area (Å²) in [6.45, 7) is 1.97. The number of likely N-dealkylation sites (N-methyl/N-ethyl adjacent to an activating group) is 1. The van der Waals surface area contributed by atoms with Gasteiger partial charge in [-0.15, -0.1) is 0 Å².